The Morgan fingerprint density at radius 2 is 2.25 bits per heavy atom. The number of hydrogen-bond donors (Lipinski definition) is 0. The smallest absolute Gasteiger partial charge is 0.150 e. The molecule has 0 atom stereocenters. The van der Waals surface area contributed by atoms with Gasteiger partial charge in [-0.05, 0) is 35.2 Å². The molecule has 0 spiro atoms. The lowest BCUT2D eigenvalue weighted by molar-refractivity contribution is 0.623. The summed E-state index contributed by atoms with van der Waals surface area (Å²) in [5, 5.41) is 11.1. The Bertz CT molecular complexity index is 769. The molecular formula is C15H10FN3S. The van der Waals surface area contributed by atoms with Crippen LogP contribution >= 0.6 is 11.3 Å². The van der Waals surface area contributed by atoms with Crippen LogP contribution < -0.4 is 0 Å². The van der Waals surface area contributed by atoms with Gasteiger partial charge in [-0.2, -0.15) is 5.26 Å². The van der Waals surface area contributed by atoms with Crippen LogP contribution in [-0.2, 0) is 6.54 Å². The molecule has 2 heterocycles. The summed E-state index contributed by atoms with van der Waals surface area (Å²) in [5.74, 6) is 0.491. The number of hydrogen-bond acceptors (Lipinski definition) is 3. The molecule has 20 heavy (non-hydrogen) atoms. The van der Waals surface area contributed by atoms with Gasteiger partial charge in [0.15, 0.2) is 0 Å². The Morgan fingerprint density at radius 3 is 3.00 bits per heavy atom. The average Bonchev–Trinajstić information content (AvgIpc) is 3.09. The monoisotopic (exact) mass is 283 g/mol. The summed E-state index contributed by atoms with van der Waals surface area (Å²) in [5.41, 5.74) is 1.14. The van der Waals surface area contributed by atoms with E-state index < -0.39 is 0 Å². The van der Waals surface area contributed by atoms with Gasteiger partial charge in [-0.25, -0.2) is 9.37 Å². The molecule has 5 heteroatoms. The maximum atomic E-state index is 13.4. The van der Waals surface area contributed by atoms with E-state index >= 15 is 0 Å². The van der Waals surface area contributed by atoms with Crippen LogP contribution in [0.2, 0.25) is 0 Å². The minimum atomic E-state index is -0.336. The lowest BCUT2D eigenvalue weighted by Gasteiger charge is -2.08. The van der Waals surface area contributed by atoms with Gasteiger partial charge in [-0.3, -0.25) is 0 Å². The van der Waals surface area contributed by atoms with Crippen LogP contribution in [0.25, 0.3) is 10.7 Å². The van der Waals surface area contributed by atoms with Crippen molar-refractivity contribution in [1.82, 2.24) is 9.55 Å². The molecule has 3 nitrogen and oxygen atoms in total. The number of rotatable bonds is 3. The van der Waals surface area contributed by atoms with Gasteiger partial charge in [0.05, 0.1) is 23.1 Å². The van der Waals surface area contributed by atoms with Crippen LogP contribution in [0.4, 0.5) is 4.39 Å². The molecule has 0 fully saturated rings. The highest BCUT2D eigenvalue weighted by molar-refractivity contribution is 7.13. The average molecular weight is 283 g/mol. The van der Waals surface area contributed by atoms with Crippen LogP contribution in [0.5, 0.6) is 0 Å². The van der Waals surface area contributed by atoms with Crippen LogP contribution in [0.1, 0.15) is 11.1 Å². The highest BCUT2D eigenvalue weighted by Gasteiger charge is 2.10. The minimum Gasteiger partial charge on any atom is -0.326 e. The predicted molar refractivity (Wildman–Crippen MR) is 75.8 cm³/mol. The maximum Gasteiger partial charge on any atom is 0.150 e. The molecule has 98 valence electrons. The fourth-order valence-electron chi connectivity index (χ4n) is 2.05. The second-order valence-corrected chi connectivity index (χ2v) is 5.22. The topological polar surface area (TPSA) is 41.6 Å². The van der Waals surface area contributed by atoms with E-state index in [1.165, 1.54) is 18.2 Å². The zero-order chi connectivity index (χ0) is 13.9. The van der Waals surface area contributed by atoms with Crippen molar-refractivity contribution in [2.75, 3.05) is 0 Å². The summed E-state index contributed by atoms with van der Waals surface area (Å²) in [7, 11) is 0. The van der Waals surface area contributed by atoms with E-state index in [-0.39, 0.29) is 5.82 Å². The van der Waals surface area contributed by atoms with E-state index in [4.69, 9.17) is 5.26 Å². The molecule has 0 aliphatic rings. The van der Waals surface area contributed by atoms with Gasteiger partial charge in [0, 0.05) is 12.4 Å². The lowest BCUT2D eigenvalue weighted by Crippen LogP contribution is -2.03. The molecule has 3 rings (SSSR count). The number of nitriles is 1. The Labute approximate surface area is 119 Å². The molecule has 0 bridgehead atoms. The first-order chi connectivity index (χ1) is 9.78. The van der Waals surface area contributed by atoms with Crippen molar-refractivity contribution >= 4 is 11.3 Å². The molecule has 0 radical (unpaired) electrons. The first-order valence-electron chi connectivity index (χ1n) is 6.01. The molecule has 0 saturated carbocycles. The van der Waals surface area contributed by atoms with Crippen LogP contribution in [0.3, 0.4) is 0 Å². The maximum absolute atomic E-state index is 13.4. The first kappa shape index (κ1) is 12.6. The van der Waals surface area contributed by atoms with E-state index in [2.05, 4.69) is 11.1 Å². The largest absolute Gasteiger partial charge is 0.326 e. The summed E-state index contributed by atoms with van der Waals surface area (Å²) in [6.45, 7) is 0.424. The van der Waals surface area contributed by atoms with Gasteiger partial charge in [0.25, 0.3) is 0 Å². The Hall–Kier alpha value is -2.45. The Morgan fingerprint density at radius 1 is 1.35 bits per heavy atom. The van der Waals surface area contributed by atoms with Crippen molar-refractivity contribution in [2.24, 2.45) is 0 Å². The molecule has 0 amide bonds. The SMILES string of the molecule is N#Cc1ccc(F)cc1Cn1ccnc1-c1cccs1. The van der Waals surface area contributed by atoms with Crippen molar-refractivity contribution in [1.29, 1.82) is 5.26 Å². The Balaban J connectivity index is 1.99. The van der Waals surface area contributed by atoms with E-state index in [1.54, 1.807) is 17.5 Å². The molecule has 0 N–H and O–H groups in total. The van der Waals surface area contributed by atoms with Crippen molar-refractivity contribution in [3.8, 4) is 16.8 Å². The molecule has 1 aromatic carbocycles. The molecule has 0 saturated heterocycles. The van der Waals surface area contributed by atoms with Crippen molar-refractivity contribution in [3.05, 3.63) is 65.0 Å². The van der Waals surface area contributed by atoms with Gasteiger partial charge in [0.1, 0.15) is 11.6 Å². The van der Waals surface area contributed by atoms with E-state index in [0.29, 0.717) is 17.7 Å². The summed E-state index contributed by atoms with van der Waals surface area (Å²) < 4.78 is 15.3. The van der Waals surface area contributed by atoms with Crippen LogP contribution in [-0.4, -0.2) is 9.55 Å². The van der Waals surface area contributed by atoms with Gasteiger partial charge >= 0.3 is 0 Å². The standard InChI is InChI=1S/C15H10FN3S/c16-13-4-3-11(9-17)12(8-13)10-19-6-5-18-15(19)14-2-1-7-20-14/h1-8H,10H2. The van der Waals surface area contributed by atoms with Gasteiger partial charge < -0.3 is 4.57 Å². The summed E-state index contributed by atoms with van der Waals surface area (Å²) in [6.07, 6.45) is 3.54. The van der Waals surface area contributed by atoms with Crippen molar-refractivity contribution < 1.29 is 4.39 Å². The van der Waals surface area contributed by atoms with Gasteiger partial charge in [0.2, 0.25) is 0 Å². The molecule has 3 aromatic rings. The van der Waals surface area contributed by atoms with Gasteiger partial charge in [-0.1, -0.05) is 6.07 Å². The quantitative estimate of drug-likeness (QED) is 0.736. The van der Waals surface area contributed by atoms with Crippen LogP contribution in [0, 0.1) is 17.1 Å². The fraction of sp³-hybridized carbons (Fsp3) is 0.0667. The summed E-state index contributed by atoms with van der Waals surface area (Å²) >= 11 is 1.60. The normalized spacial score (nSPS) is 10.4. The van der Waals surface area contributed by atoms with E-state index in [1.807, 2.05) is 28.3 Å². The molecular weight excluding hydrogens is 273 g/mol. The summed E-state index contributed by atoms with van der Waals surface area (Å²) in [6, 6.07) is 10.2. The predicted octanol–water partition coefficient (Wildman–Crippen LogP) is 3.67. The first-order valence-corrected chi connectivity index (χ1v) is 6.89. The molecule has 2 aromatic heterocycles. The lowest BCUT2D eigenvalue weighted by atomic mass is 10.1. The number of nitrogens with zero attached hydrogens (tertiary/aromatic N) is 3. The minimum absolute atomic E-state index is 0.336. The third kappa shape index (κ3) is 2.33. The highest BCUT2D eigenvalue weighted by Crippen LogP contribution is 2.24. The van der Waals surface area contributed by atoms with Crippen LogP contribution in [0.15, 0.2) is 48.1 Å². The molecule has 0 unspecified atom stereocenters. The van der Waals surface area contributed by atoms with E-state index in [0.717, 1.165) is 10.7 Å². The second kappa shape index (κ2) is 5.27. The highest BCUT2D eigenvalue weighted by atomic mass is 32.1. The van der Waals surface area contributed by atoms with Crippen molar-refractivity contribution in [2.45, 2.75) is 6.54 Å². The number of benzene rings is 1. The Kier molecular flexibility index (Phi) is 3.32. The zero-order valence-electron chi connectivity index (χ0n) is 10.5. The molecule has 0 aliphatic heterocycles. The van der Waals surface area contributed by atoms with Gasteiger partial charge in [-0.15, -0.1) is 11.3 Å². The number of imidazole rings is 1. The third-order valence-corrected chi connectivity index (χ3v) is 3.85. The second-order valence-electron chi connectivity index (χ2n) is 4.27. The summed E-state index contributed by atoms with van der Waals surface area (Å²) in [4.78, 5) is 5.38. The number of thiophene rings is 1. The third-order valence-electron chi connectivity index (χ3n) is 2.99. The number of halogens is 1. The molecule has 0 aliphatic carbocycles. The van der Waals surface area contributed by atoms with E-state index in [9.17, 15) is 4.39 Å². The fourth-order valence-corrected chi connectivity index (χ4v) is 2.79. The number of aromatic nitrogens is 2. The zero-order valence-corrected chi connectivity index (χ0v) is 11.3. The van der Waals surface area contributed by atoms with Crippen molar-refractivity contribution in [3.63, 3.8) is 0 Å².